The van der Waals surface area contributed by atoms with Crippen LogP contribution in [0.25, 0.3) is 0 Å². The highest BCUT2D eigenvalue weighted by Crippen LogP contribution is 2.22. The van der Waals surface area contributed by atoms with E-state index in [0.29, 0.717) is 31.7 Å². The molecule has 0 aromatic heterocycles. The van der Waals surface area contributed by atoms with Gasteiger partial charge in [-0.05, 0) is 43.2 Å². The molecule has 6 heteroatoms. The minimum atomic E-state index is -3.57. The minimum absolute atomic E-state index is 0.195. The van der Waals surface area contributed by atoms with Gasteiger partial charge < -0.3 is 0 Å². The van der Waals surface area contributed by atoms with Crippen LogP contribution >= 0.6 is 0 Å². The van der Waals surface area contributed by atoms with Crippen LogP contribution in [0.4, 0.5) is 4.39 Å². The first-order chi connectivity index (χ1) is 11.9. The summed E-state index contributed by atoms with van der Waals surface area (Å²) >= 11 is 0. The van der Waals surface area contributed by atoms with Gasteiger partial charge in [-0.2, -0.15) is 4.31 Å². The van der Waals surface area contributed by atoms with Crippen LogP contribution in [0.2, 0.25) is 0 Å². The van der Waals surface area contributed by atoms with Crippen molar-refractivity contribution >= 4 is 10.0 Å². The lowest BCUT2D eigenvalue weighted by Gasteiger charge is -2.34. The van der Waals surface area contributed by atoms with E-state index in [1.165, 1.54) is 33.6 Å². The van der Waals surface area contributed by atoms with Gasteiger partial charge in [0, 0.05) is 32.7 Å². The van der Waals surface area contributed by atoms with E-state index in [-0.39, 0.29) is 4.90 Å². The highest BCUT2D eigenvalue weighted by molar-refractivity contribution is 7.89. The molecule has 0 saturated carbocycles. The van der Waals surface area contributed by atoms with E-state index in [2.05, 4.69) is 30.0 Å². The number of hydrogen-bond donors (Lipinski definition) is 0. The maximum absolute atomic E-state index is 13.2. The molecule has 0 unspecified atom stereocenters. The van der Waals surface area contributed by atoms with Gasteiger partial charge in [0.1, 0.15) is 5.82 Å². The molecule has 1 fully saturated rings. The second-order valence-electron chi connectivity index (χ2n) is 6.58. The van der Waals surface area contributed by atoms with E-state index < -0.39 is 15.8 Å². The number of halogens is 1. The average Bonchev–Trinajstić information content (AvgIpc) is 2.55. The molecule has 0 radical (unpaired) electrons. The zero-order chi connectivity index (χ0) is 18.0. The molecule has 134 valence electrons. The Kier molecular flexibility index (Phi) is 5.22. The SMILES string of the molecule is Cc1cccc(CN2CCN(S(=O)(=O)c3ccc(F)cc3C)CC2)c1. The minimum Gasteiger partial charge on any atom is -0.296 e. The Bertz CT molecular complexity index is 859. The summed E-state index contributed by atoms with van der Waals surface area (Å²) in [4.78, 5) is 2.46. The Labute approximate surface area is 148 Å². The van der Waals surface area contributed by atoms with Gasteiger partial charge in [0.05, 0.1) is 4.90 Å². The molecule has 4 nitrogen and oxygen atoms in total. The lowest BCUT2D eigenvalue weighted by atomic mass is 10.1. The molecule has 0 spiro atoms. The quantitative estimate of drug-likeness (QED) is 0.840. The highest BCUT2D eigenvalue weighted by Gasteiger charge is 2.29. The summed E-state index contributed by atoms with van der Waals surface area (Å²) in [6, 6.07) is 12.2. The molecule has 1 aliphatic rings. The van der Waals surface area contributed by atoms with E-state index in [9.17, 15) is 12.8 Å². The Morgan fingerprint density at radius 2 is 1.72 bits per heavy atom. The monoisotopic (exact) mass is 362 g/mol. The first-order valence-corrected chi connectivity index (χ1v) is 9.84. The molecule has 1 aliphatic heterocycles. The third-order valence-corrected chi connectivity index (χ3v) is 6.63. The highest BCUT2D eigenvalue weighted by atomic mass is 32.2. The summed E-state index contributed by atoms with van der Waals surface area (Å²) in [6.07, 6.45) is 0. The van der Waals surface area contributed by atoms with Crippen molar-refractivity contribution in [3.8, 4) is 0 Å². The van der Waals surface area contributed by atoms with Gasteiger partial charge >= 0.3 is 0 Å². The Morgan fingerprint density at radius 1 is 1.00 bits per heavy atom. The van der Waals surface area contributed by atoms with Gasteiger partial charge in [0.25, 0.3) is 0 Å². The summed E-state index contributed by atoms with van der Waals surface area (Å²) in [6.45, 7) is 6.80. The fourth-order valence-corrected chi connectivity index (χ4v) is 4.87. The van der Waals surface area contributed by atoms with Crippen molar-refractivity contribution in [2.45, 2.75) is 25.3 Å². The second-order valence-corrected chi connectivity index (χ2v) is 8.49. The average molecular weight is 362 g/mol. The van der Waals surface area contributed by atoms with Crippen molar-refractivity contribution in [3.05, 3.63) is 65.0 Å². The van der Waals surface area contributed by atoms with E-state index in [4.69, 9.17) is 0 Å². The van der Waals surface area contributed by atoms with Crippen molar-refractivity contribution in [3.63, 3.8) is 0 Å². The number of aryl methyl sites for hydroxylation is 2. The predicted octanol–water partition coefficient (Wildman–Crippen LogP) is 2.95. The standard InChI is InChI=1S/C19H23FN2O2S/c1-15-4-3-5-17(12-15)14-21-8-10-22(11-9-21)25(23,24)19-7-6-18(20)13-16(19)2/h3-7,12-13H,8-11,14H2,1-2H3. The van der Waals surface area contributed by atoms with E-state index in [1.54, 1.807) is 6.92 Å². The molecule has 0 atom stereocenters. The molecule has 2 aromatic rings. The Balaban J connectivity index is 1.67. The van der Waals surface area contributed by atoms with Crippen LogP contribution in [0.15, 0.2) is 47.4 Å². The molecule has 2 aromatic carbocycles. The fourth-order valence-electron chi connectivity index (χ4n) is 3.24. The molecule has 0 aliphatic carbocycles. The topological polar surface area (TPSA) is 40.6 Å². The van der Waals surface area contributed by atoms with Crippen molar-refractivity contribution < 1.29 is 12.8 Å². The Hall–Kier alpha value is -1.76. The van der Waals surface area contributed by atoms with Gasteiger partial charge in [0.2, 0.25) is 10.0 Å². The molecular weight excluding hydrogens is 339 g/mol. The molecule has 0 amide bonds. The lowest BCUT2D eigenvalue weighted by Crippen LogP contribution is -2.48. The summed E-state index contributed by atoms with van der Waals surface area (Å²) in [5.74, 6) is -0.417. The number of sulfonamides is 1. The number of piperazine rings is 1. The zero-order valence-corrected chi connectivity index (χ0v) is 15.4. The molecule has 3 rings (SSSR count). The van der Waals surface area contributed by atoms with E-state index >= 15 is 0 Å². The molecule has 1 saturated heterocycles. The third kappa shape index (κ3) is 4.08. The van der Waals surface area contributed by atoms with Crippen LogP contribution in [-0.2, 0) is 16.6 Å². The second kappa shape index (κ2) is 7.23. The Morgan fingerprint density at radius 3 is 2.36 bits per heavy atom. The van der Waals surface area contributed by atoms with Crippen molar-refractivity contribution in [2.75, 3.05) is 26.2 Å². The fraction of sp³-hybridized carbons (Fsp3) is 0.368. The van der Waals surface area contributed by atoms with Gasteiger partial charge in [-0.15, -0.1) is 0 Å². The van der Waals surface area contributed by atoms with Crippen LogP contribution < -0.4 is 0 Å². The van der Waals surface area contributed by atoms with Gasteiger partial charge in [-0.1, -0.05) is 29.8 Å². The molecule has 0 N–H and O–H groups in total. The van der Waals surface area contributed by atoms with Crippen LogP contribution in [0.1, 0.15) is 16.7 Å². The van der Waals surface area contributed by atoms with Crippen molar-refractivity contribution in [1.29, 1.82) is 0 Å². The number of nitrogens with zero attached hydrogens (tertiary/aromatic N) is 2. The first-order valence-electron chi connectivity index (χ1n) is 8.40. The van der Waals surface area contributed by atoms with Gasteiger partial charge in [-0.3, -0.25) is 4.90 Å². The summed E-state index contributed by atoms with van der Waals surface area (Å²) in [7, 11) is -3.57. The zero-order valence-electron chi connectivity index (χ0n) is 14.6. The summed E-state index contributed by atoms with van der Waals surface area (Å²) in [5, 5.41) is 0. The number of benzene rings is 2. The number of rotatable bonds is 4. The molecular formula is C19H23FN2O2S. The third-order valence-electron chi connectivity index (χ3n) is 4.57. The number of hydrogen-bond acceptors (Lipinski definition) is 3. The maximum atomic E-state index is 13.2. The van der Waals surface area contributed by atoms with Crippen LogP contribution in [-0.4, -0.2) is 43.8 Å². The van der Waals surface area contributed by atoms with Crippen LogP contribution in [0, 0.1) is 19.7 Å². The normalized spacial score (nSPS) is 16.9. The van der Waals surface area contributed by atoms with Gasteiger partial charge in [-0.25, -0.2) is 12.8 Å². The summed E-state index contributed by atoms with van der Waals surface area (Å²) < 4.78 is 40.4. The van der Waals surface area contributed by atoms with E-state index in [0.717, 1.165) is 6.54 Å². The molecule has 25 heavy (non-hydrogen) atoms. The molecule has 1 heterocycles. The smallest absolute Gasteiger partial charge is 0.243 e. The first kappa shape index (κ1) is 18.0. The largest absolute Gasteiger partial charge is 0.296 e. The van der Waals surface area contributed by atoms with Crippen LogP contribution in [0.5, 0.6) is 0 Å². The maximum Gasteiger partial charge on any atom is 0.243 e. The van der Waals surface area contributed by atoms with Crippen molar-refractivity contribution in [1.82, 2.24) is 9.21 Å². The predicted molar refractivity (Wildman–Crippen MR) is 96.4 cm³/mol. The lowest BCUT2D eigenvalue weighted by molar-refractivity contribution is 0.181. The van der Waals surface area contributed by atoms with Gasteiger partial charge in [0.15, 0.2) is 0 Å². The van der Waals surface area contributed by atoms with Crippen molar-refractivity contribution in [2.24, 2.45) is 0 Å². The molecule has 0 bridgehead atoms. The summed E-state index contributed by atoms with van der Waals surface area (Å²) in [5.41, 5.74) is 2.92. The van der Waals surface area contributed by atoms with E-state index in [1.807, 2.05) is 6.07 Å². The van der Waals surface area contributed by atoms with Crippen LogP contribution in [0.3, 0.4) is 0 Å².